The van der Waals surface area contributed by atoms with Crippen LogP contribution in [0.25, 0.3) is 4.96 Å². The number of anilines is 2. The van der Waals surface area contributed by atoms with Crippen molar-refractivity contribution in [2.24, 2.45) is 0 Å². The van der Waals surface area contributed by atoms with E-state index in [9.17, 15) is 9.59 Å². The van der Waals surface area contributed by atoms with Crippen LogP contribution in [-0.2, 0) is 11.2 Å². The Morgan fingerprint density at radius 2 is 2.07 bits per heavy atom. The number of carbonyl (C=O) groups excluding carboxylic acids is 1. The number of aromatic nitrogens is 3. The fourth-order valence-corrected chi connectivity index (χ4v) is 3.43. The van der Waals surface area contributed by atoms with E-state index in [-0.39, 0.29) is 18.0 Å². The lowest BCUT2D eigenvalue weighted by atomic mass is 10.2. The Hall–Kier alpha value is -2.94. The maximum absolute atomic E-state index is 12.3. The highest BCUT2D eigenvalue weighted by molar-refractivity contribution is 7.20. The molecule has 0 unspecified atom stereocenters. The molecule has 1 aromatic carbocycles. The predicted molar refractivity (Wildman–Crippen MR) is 106 cm³/mol. The van der Waals surface area contributed by atoms with Crippen molar-refractivity contribution in [3.05, 3.63) is 46.4 Å². The van der Waals surface area contributed by atoms with Crippen molar-refractivity contribution in [3.8, 4) is 5.75 Å². The zero-order chi connectivity index (χ0) is 19.4. The number of carbonyl (C=O) groups is 1. The topological polar surface area (TPSA) is 88.8 Å². The summed E-state index contributed by atoms with van der Waals surface area (Å²) in [6.45, 7) is 2.14. The van der Waals surface area contributed by atoms with Gasteiger partial charge in [-0.3, -0.25) is 9.59 Å². The van der Waals surface area contributed by atoms with Gasteiger partial charge in [0, 0.05) is 24.5 Å². The lowest BCUT2D eigenvalue weighted by Crippen LogP contribution is -2.30. The quantitative estimate of drug-likeness (QED) is 0.668. The summed E-state index contributed by atoms with van der Waals surface area (Å²) >= 11 is 1.28. The predicted octanol–water partition coefficient (Wildman–Crippen LogP) is 2.19. The van der Waals surface area contributed by atoms with Gasteiger partial charge < -0.3 is 15.0 Å². The van der Waals surface area contributed by atoms with Crippen molar-refractivity contribution in [2.75, 3.05) is 30.9 Å². The lowest BCUT2D eigenvalue weighted by molar-refractivity contribution is -0.114. The van der Waals surface area contributed by atoms with Crippen LogP contribution in [0, 0.1) is 0 Å². The van der Waals surface area contributed by atoms with E-state index in [1.54, 1.807) is 43.3 Å². The minimum atomic E-state index is -0.206. The van der Waals surface area contributed by atoms with Crippen LogP contribution >= 0.6 is 11.3 Å². The van der Waals surface area contributed by atoms with E-state index in [0.717, 1.165) is 24.3 Å². The SMILES string of the molecule is CCCc1cc(=O)n2nc(N(C)CC(=O)Nc3ccc(OC)cc3)sc2n1. The maximum atomic E-state index is 12.3. The Balaban J connectivity index is 1.71. The largest absolute Gasteiger partial charge is 0.497 e. The molecule has 0 atom stereocenters. The third kappa shape index (κ3) is 4.43. The summed E-state index contributed by atoms with van der Waals surface area (Å²) in [6, 6.07) is 8.61. The molecule has 8 nitrogen and oxygen atoms in total. The zero-order valence-corrected chi connectivity index (χ0v) is 16.2. The van der Waals surface area contributed by atoms with Gasteiger partial charge in [0.1, 0.15) is 5.75 Å². The Bertz CT molecular complexity index is 996. The summed E-state index contributed by atoms with van der Waals surface area (Å²) in [5.74, 6) is 0.536. The van der Waals surface area contributed by atoms with Crippen molar-refractivity contribution in [2.45, 2.75) is 19.8 Å². The first kappa shape index (κ1) is 18.8. The fraction of sp³-hybridized carbons (Fsp3) is 0.333. The molecule has 0 aliphatic heterocycles. The van der Waals surface area contributed by atoms with Crippen LogP contribution in [0.15, 0.2) is 35.1 Å². The van der Waals surface area contributed by atoms with E-state index in [4.69, 9.17) is 4.74 Å². The summed E-state index contributed by atoms with van der Waals surface area (Å²) in [7, 11) is 3.34. The Kier molecular flexibility index (Phi) is 5.70. The molecule has 0 spiro atoms. The molecule has 1 N–H and O–H groups in total. The smallest absolute Gasteiger partial charge is 0.275 e. The summed E-state index contributed by atoms with van der Waals surface area (Å²) in [5, 5.41) is 7.66. The maximum Gasteiger partial charge on any atom is 0.275 e. The van der Waals surface area contributed by atoms with Crippen molar-refractivity contribution >= 4 is 33.0 Å². The molecule has 0 aliphatic carbocycles. The second kappa shape index (κ2) is 8.17. The molecule has 0 fully saturated rings. The van der Waals surface area contributed by atoms with Crippen LogP contribution in [0.4, 0.5) is 10.8 Å². The van der Waals surface area contributed by atoms with Gasteiger partial charge in [-0.25, -0.2) is 4.98 Å². The van der Waals surface area contributed by atoms with Gasteiger partial charge in [-0.1, -0.05) is 24.7 Å². The molecule has 9 heteroatoms. The summed E-state index contributed by atoms with van der Waals surface area (Å²) in [6.07, 6.45) is 1.67. The molecule has 3 aromatic rings. The number of amides is 1. The second-order valence-electron chi connectivity index (χ2n) is 6.05. The first-order valence-corrected chi connectivity index (χ1v) is 9.36. The lowest BCUT2D eigenvalue weighted by Gasteiger charge is -2.14. The van der Waals surface area contributed by atoms with E-state index in [1.165, 1.54) is 21.9 Å². The summed E-state index contributed by atoms with van der Waals surface area (Å²) < 4.78 is 6.37. The van der Waals surface area contributed by atoms with Crippen LogP contribution in [0.5, 0.6) is 5.75 Å². The number of hydrogen-bond donors (Lipinski definition) is 1. The van der Waals surface area contributed by atoms with Gasteiger partial charge in [-0.15, -0.1) is 5.10 Å². The fourth-order valence-electron chi connectivity index (χ4n) is 2.54. The van der Waals surface area contributed by atoms with Gasteiger partial charge in [0.15, 0.2) is 0 Å². The number of methoxy groups -OCH3 is 1. The molecule has 27 heavy (non-hydrogen) atoms. The number of fused-ring (bicyclic) bond motifs is 1. The van der Waals surface area contributed by atoms with Gasteiger partial charge in [-0.2, -0.15) is 4.52 Å². The monoisotopic (exact) mass is 387 g/mol. The molecule has 0 radical (unpaired) electrons. The van der Waals surface area contributed by atoms with E-state index >= 15 is 0 Å². The minimum absolute atomic E-state index is 0.0996. The van der Waals surface area contributed by atoms with Gasteiger partial charge in [-0.05, 0) is 30.7 Å². The highest BCUT2D eigenvalue weighted by Gasteiger charge is 2.15. The van der Waals surface area contributed by atoms with Crippen LogP contribution < -0.4 is 20.5 Å². The number of nitrogens with zero attached hydrogens (tertiary/aromatic N) is 4. The number of likely N-dealkylation sites (N-methyl/N-ethyl adjacent to an activating group) is 1. The Labute approximate surface area is 160 Å². The third-order valence-electron chi connectivity index (χ3n) is 3.87. The average molecular weight is 387 g/mol. The number of benzene rings is 1. The summed E-state index contributed by atoms with van der Waals surface area (Å²) in [4.78, 5) is 31.2. The van der Waals surface area contributed by atoms with Crippen molar-refractivity contribution in [1.82, 2.24) is 14.6 Å². The molecule has 0 saturated carbocycles. The molecule has 2 aromatic heterocycles. The molecule has 0 aliphatic rings. The second-order valence-corrected chi connectivity index (χ2v) is 6.98. The first-order valence-electron chi connectivity index (χ1n) is 8.55. The van der Waals surface area contributed by atoms with E-state index in [2.05, 4.69) is 15.4 Å². The van der Waals surface area contributed by atoms with Gasteiger partial charge >= 0.3 is 0 Å². The average Bonchev–Trinajstić information content (AvgIpc) is 3.07. The molecular weight excluding hydrogens is 366 g/mol. The first-order chi connectivity index (χ1) is 13.0. The van der Waals surface area contributed by atoms with Gasteiger partial charge in [0.25, 0.3) is 5.56 Å². The van der Waals surface area contributed by atoms with Crippen LogP contribution in [-0.4, -0.2) is 41.2 Å². The van der Waals surface area contributed by atoms with Crippen molar-refractivity contribution in [3.63, 3.8) is 0 Å². The Morgan fingerprint density at radius 1 is 1.33 bits per heavy atom. The number of nitrogens with one attached hydrogen (secondary N) is 1. The zero-order valence-electron chi connectivity index (χ0n) is 15.4. The Morgan fingerprint density at radius 3 is 2.74 bits per heavy atom. The molecule has 2 heterocycles. The summed E-state index contributed by atoms with van der Waals surface area (Å²) in [5.41, 5.74) is 1.24. The van der Waals surface area contributed by atoms with Gasteiger partial charge in [0.2, 0.25) is 16.0 Å². The van der Waals surface area contributed by atoms with Crippen molar-refractivity contribution in [1.29, 1.82) is 0 Å². The van der Waals surface area contributed by atoms with E-state index in [1.807, 2.05) is 6.92 Å². The minimum Gasteiger partial charge on any atom is -0.497 e. The number of hydrogen-bond acceptors (Lipinski definition) is 7. The molecular formula is C18H21N5O3S. The molecule has 0 bridgehead atoms. The van der Waals surface area contributed by atoms with E-state index in [0.29, 0.717) is 15.8 Å². The van der Waals surface area contributed by atoms with E-state index < -0.39 is 0 Å². The third-order valence-corrected chi connectivity index (χ3v) is 4.90. The number of rotatable bonds is 7. The van der Waals surface area contributed by atoms with Crippen LogP contribution in [0.1, 0.15) is 19.0 Å². The van der Waals surface area contributed by atoms with Crippen LogP contribution in [0.3, 0.4) is 0 Å². The number of ether oxygens (including phenoxy) is 1. The van der Waals surface area contributed by atoms with Crippen molar-refractivity contribution < 1.29 is 9.53 Å². The molecule has 3 rings (SSSR count). The van der Waals surface area contributed by atoms with Crippen LogP contribution in [0.2, 0.25) is 0 Å². The normalized spacial score (nSPS) is 10.8. The highest BCUT2D eigenvalue weighted by atomic mass is 32.1. The molecule has 0 saturated heterocycles. The standard InChI is InChI=1S/C18H21N5O3S/c1-4-5-13-10-16(25)23-17(20-13)27-18(21-23)22(2)11-15(24)19-12-6-8-14(26-3)9-7-12/h6-10H,4-5,11H2,1-3H3,(H,19,24). The van der Waals surface area contributed by atoms with Gasteiger partial charge in [0.05, 0.1) is 13.7 Å². The molecule has 1 amide bonds. The number of aryl methyl sites for hydroxylation is 1. The molecule has 142 valence electrons. The highest BCUT2D eigenvalue weighted by Crippen LogP contribution is 2.20.